The maximum absolute atomic E-state index is 12.0. The minimum atomic E-state index is -0.636. The highest BCUT2D eigenvalue weighted by atomic mass is 32.1. The fraction of sp³-hybridized carbons (Fsp3) is 0.278. The van der Waals surface area contributed by atoms with Crippen molar-refractivity contribution in [2.45, 2.75) is 18.9 Å². The topological polar surface area (TPSA) is 54.3 Å². The molecule has 1 atom stereocenters. The number of aliphatic hydroxyl groups excluding tert-OH is 1. The Bertz CT molecular complexity index is 793. The smallest absolute Gasteiger partial charge is 0.220 e. The maximum Gasteiger partial charge on any atom is 0.220 e. The van der Waals surface area contributed by atoms with Crippen LogP contribution < -0.4 is 5.32 Å². The molecular weight excluding hydrogens is 308 g/mol. The van der Waals surface area contributed by atoms with E-state index in [1.807, 2.05) is 36.0 Å². The lowest BCUT2D eigenvalue weighted by Crippen LogP contribution is -2.28. The molecule has 120 valence electrons. The highest BCUT2D eigenvalue weighted by Crippen LogP contribution is 2.21. The number of carbonyl (C=O) groups is 1. The molecule has 0 saturated carbocycles. The third-order valence-electron chi connectivity index (χ3n) is 4.02. The van der Waals surface area contributed by atoms with E-state index in [1.165, 1.54) is 27.8 Å². The van der Waals surface area contributed by atoms with Crippen LogP contribution in [-0.2, 0) is 18.3 Å². The van der Waals surface area contributed by atoms with Gasteiger partial charge in [0.15, 0.2) is 0 Å². The molecule has 0 aliphatic heterocycles. The van der Waals surface area contributed by atoms with Crippen molar-refractivity contribution in [2.75, 3.05) is 6.54 Å². The van der Waals surface area contributed by atoms with Gasteiger partial charge in [0, 0.05) is 37.1 Å². The van der Waals surface area contributed by atoms with Crippen molar-refractivity contribution in [3.05, 3.63) is 58.4 Å². The van der Waals surface area contributed by atoms with Crippen molar-refractivity contribution in [2.24, 2.45) is 7.05 Å². The zero-order valence-electron chi connectivity index (χ0n) is 13.0. The van der Waals surface area contributed by atoms with Gasteiger partial charge in [-0.15, -0.1) is 0 Å². The molecule has 4 nitrogen and oxygen atoms in total. The first-order valence-electron chi connectivity index (χ1n) is 7.65. The van der Waals surface area contributed by atoms with E-state index in [-0.39, 0.29) is 12.5 Å². The highest BCUT2D eigenvalue weighted by molar-refractivity contribution is 7.07. The Morgan fingerprint density at radius 1 is 1.35 bits per heavy atom. The number of benzene rings is 1. The average Bonchev–Trinajstić information content (AvgIpc) is 3.20. The van der Waals surface area contributed by atoms with Crippen molar-refractivity contribution < 1.29 is 9.90 Å². The van der Waals surface area contributed by atoms with E-state index in [4.69, 9.17) is 0 Å². The molecule has 23 heavy (non-hydrogen) atoms. The summed E-state index contributed by atoms with van der Waals surface area (Å²) in [6, 6.07) is 10.1. The van der Waals surface area contributed by atoms with Crippen LogP contribution in [0.3, 0.4) is 0 Å². The number of aryl methyl sites for hydroxylation is 2. The van der Waals surface area contributed by atoms with Gasteiger partial charge in [0.25, 0.3) is 0 Å². The largest absolute Gasteiger partial charge is 0.387 e. The molecule has 3 rings (SSSR count). The van der Waals surface area contributed by atoms with Gasteiger partial charge in [0.1, 0.15) is 0 Å². The number of para-hydroxylation sites is 1. The van der Waals surface area contributed by atoms with Crippen LogP contribution in [0.4, 0.5) is 0 Å². The van der Waals surface area contributed by atoms with Crippen LogP contribution in [0.2, 0.25) is 0 Å². The minimum Gasteiger partial charge on any atom is -0.387 e. The third-order valence-corrected chi connectivity index (χ3v) is 4.72. The van der Waals surface area contributed by atoms with E-state index in [2.05, 4.69) is 28.2 Å². The Kier molecular flexibility index (Phi) is 4.79. The van der Waals surface area contributed by atoms with Gasteiger partial charge in [0.2, 0.25) is 5.91 Å². The lowest BCUT2D eigenvalue weighted by Gasteiger charge is -2.10. The lowest BCUT2D eigenvalue weighted by atomic mass is 10.1. The summed E-state index contributed by atoms with van der Waals surface area (Å²) in [7, 11) is 2.02. The number of nitrogens with one attached hydrogen (secondary N) is 1. The monoisotopic (exact) mass is 328 g/mol. The summed E-state index contributed by atoms with van der Waals surface area (Å²) < 4.78 is 2.09. The zero-order chi connectivity index (χ0) is 16.2. The van der Waals surface area contributed by atoms with Gasteiger partial charge in [0.05, 0.1) is 6.10 Å². The fourth-order valence-corrected chi connectivity index (χ4v) is 3.46. The van der Waals surface area contributed by atoms with E-state index in [0.29, 0.717) is 12.8 Å². The average molecular weight is 328 g/mol. The summed E-state index contributed by atoms with van der Waals surface area (Å²) in [6.07, 6.45) is 2.56. The highest BCUT2D eigenvalue weighted by Gasteiger charge is 2.11. The van der Waals surface area contributed by atoms with Crippen LogP contribution in [0, 0.1) is 0 Å². The van der Waals surface area contributed by atoms with Gasteiger partial charge >= 0.3 is 0 Å². The van der Waals surface area contributed by atoms with Crippen LogP contribution in [-0.4, -0.2) is 22.1 Å². The second-order valence-corrected chi connectivity index (χ2v) is 6.44. The van der Waals surface area contributed by atoms with Crippen LogP contribution in [0.1, 0.15) is 23.7 Å². The summed E-state index contributed by atoms with van der Waals surface area (Å²) in [5.41, 5.74) is 3.21. The Hall–Kier alpha value is -2.11. The van der Waals surface area contributed by atoms with Crippen molar-refractivity contribution in [3.8, 4) is 0 Å². The first kappa shape index (κ1) is 15.8. The van der Waals surface area contributed by atoms with Gasteiger partial charge in [-0.1, -0.05) is 18.2 Å². The lowest BCUT2D eigenvalue weighted by molar-refractivity contribution is -0.121. The van der Waals surface area contributed by atoms with E-state index >= 15 is 0 Å². The molecule has 3 aromatic rings. The van der Waals surface area contributed by atoms with E-state index < -0.39 is 6.10 Å². The number of aliphatic hydroxyl groups is 1. The molecule has 0 bridgehead atoms. The van der Waals surface area contributed by atoms with Crippen LogP contribution in [0.5, 0.6) is 0 Å². The van der Waals surface area contributed by atoms with Crippen molar-refractivity contribution in [1.29, 1.82) is 0 Å². The molecule has 0 spiro atoms. The molecular formula is C18H20N2O2S. The Labute approximate surface area is 139 Å². The molecule has 0 saturated heterocycles. The Morgan fingerprint density at radius 2 is 2.17 bits per heavy atom. The summed E-state index contributed by atoms with van der Waals surface area (Å²) in [5, 5.41) is 17.8. The predicted molar refractivity (Wildman–Crippen MR) is 93.5 cm³/mol. The predicted octanol–water partition coefficient (Wildman–Crippen LogP) is 3.02. The van der Waals surface area contributed by atoms with Crippen molar-refractivity contribution in [1.82, 2.24) is 9.88 Å². The second-order valence-electron chi connectivity index (χ2n) is 5.66. The zero-order valence-corrected chi connectivity index (χ0v) is 13.8. The second kappa shape index (κ2) is 6.98. The molecule has 0 aliphatic carbocycles. The first-order chi connectivity index (χ1) is 11.1. The standard InChI is InChI=1S/C18H20N2O2S/c1-20-11-13(15-4-2-3-5-16(15)20)6-7-18(22)19-10-17(21)14-8-9-23-12-14/h2-5,8-9,11-12,17,21H,6-7,10H2,1H3,(H,19,22). The summed E-state index contributed by atoms with van der Waals surface area (Å²) >= 11 is 1.54. The van der Waals surface area contributed by atoms with Gasteiger partial charge in [-0.3, -0.25) is 4.79 Å². The van der Waals surface area contributed by atoms with Crippen molar-refractivity contribution in [3.63, 3.8) is 0 Å². The normalized spacial score (nSPS) is 12.4. The Balaban J connectivity index is 1.54. The SMILES string of the molecule is Cn1cc(CCC(=O)NCC(O)c2ccsc2)c2ccccc21. The Morgan fingerprint density at radius 3 is 2.96 bits per heavy atom. The molecule has 1 amide bonds. The third kappa shape index (κ3) is 3.63. The number of amides is 1. The molecule has 1 unspecified atom stereocenters. The van der Waals surface area contributed by atoms with Crippen LogP contribution in [0.15, 0.2) is 47.3 Å². The molecule has 1 aromatic carbocycles. The number of rotatable bonds is 6. The van der Waals surface area contributed by atoms with E-state index in [1.54, 1.807) is 0 Å². The number of carbonyl (C=O) groups excluding carboxylic acids is 1. The molecule has 0 aliphatic rings. The van der Waals surface area contributed by atoms with Gasteiger partial charge in [-0.2, -0.15) is 11.3 Å². The molecule has 2 N–H and O–H groups in total. The number of thiophene rings is 1. The first-order valence-corrected chi connectivity index (χ1v) is 8.59. The summed E-state index contributed by atoms with van der Waals surface area (Å²) in [4.78, 5) is 12.0. The van der Waals surface area contributed by atoms with Gasteiger partial charge in [-0.05, 0) is 40.4 Å². The van der Waals surface area contributed by atoms with Crippen LogP contribution in [0.25, 0.3) is 10.9 Å². The van der Waals surface area contributed by atoms with Gasteiger partial charge in [-0.25, -0.2) is 0 Å². The number of hydrogen-bond acceptors (Lipinski definition) is 3. The quantitative estimate of drug-likeness (QED) is 0.731. The van der Waals surface area contributed by atoms with E-state index in [9.17, 15) is 9.90 Å². The van der Waals surface area contributed by atoms with E-state index in [0.717, 1.165) is 5.56 Å². The van der Waals surface area contributed by atoms with Crippen molar-refractivity contribution >= 4 is 28.1 Å². The molecule has 0 radical (unpaired) electrons. The molecule has 5 heteroatoms. The van der Waals surface area contributed by atoms with Gasteiger partial charge < -0.3 is 15.0 Å². The number of hydrogen-bond donors (Lipinski definition) is 2. The number of fused-ring (bicyclic) bond motifs is 1. The number of nitrogens with zero attached hydrogens (tertiary/aromatic N) is 1. The molecule has 0 fully saturated rings. The van der Waals surface area contributed by atoms with Crippen LogP contribution >= 0.6 is 11.3 Å². The maximum atomic E-state index is 12.0. The fourth-order valence-electron chi connectivity index (χ4n) is 2.75. The minimum absolute atomic E-state index is 0.0350. The summed E-state index contributed by atoms with van der Waals surface area (Å²) in [5.74, 6) is -0.0350. The molecule has 2 heterocycles. The number of aromatic nitrogens is 1. The summed E-state index contributed by atoms with van der Waals surface area (Å²) in [6.45, 7) is 0.255. The molecule has 2 aromatic heterocycles.